The van der Waals surface area contributed by atoms with Crippen LogP contribution in [0.2, 0.25) is 0 Å². The number of rotatable bonds is 2. The highest BCUT2D eigenvalue weighted by Gasteiger charge is 2.21. The van der Waals surface area contributed by atoms with Gasteiger partial charge in [0, 0.05) is 24.2 Å². The smallest absolute Gasteiger partial charge is 0.186 e. The molecule has 0 amide bonds. The van der Waals surface area contributed by atoms with Gasteiger partial charge in [0.05, 0.1) is 5.69 Å². The van der Waals surface area contributed by atoms with Gasteiger partial charge in [-0.15, -0.1) is 11.3 Å². The molecule has 2 aromatic rings. The summed E-state index contributed by atoms with van der Waals surface area (Å²) in [6.07, 6.45) is 0. The summed E-state index contributed by atoms with van der Waals surface area (Å²) in [5, 5.41) is 3.28. The van der Waals surface area contributed by atoms with Gasteiger partial charge in [-0.1, -0.05) is 19.9 Å². The Bertz CT molecular complexity index is 574. The molecule has 3 nitrogen and oxygen atoms in total. The predicted molar refractivity (Wildman–Crippen MR) is 76.9 cm³/mol. The van der Waals surface area contributed by atoms with Crippen molar-refractivity contribution in [1.29, 1.82) is 0 Å². The molecule has 1 aliphatic rings. The molecule has 2 N–H and O–H groups in total. The zero-order chi connectivity index (χ0) is 12.7. The molecule has 3 rings (SSSR count). The van der Waals surface area contributed by atoms with E-state index in [0.29, 0.717) is 5.92 Å². The summed E-state index contributed by atoms with van der Waals surface area (Å²) in [6.45, 7) is 6.22. The first-order chi connectivity index (χ1) is 8.63. The molecular weight excluding hydrogens is 242 g/mol. The van der Waals surface area contributed by atoms with Crippen molar-refractivity contribution in [1.82, 2.24) is 4.98 Å². The van der Waals surface area contributed by atoms with Gasteiger partial charge in [0.2, 0.25) is 0 Å². The largest absolute Gasteiger partial charge is 0.399 e. The highest BCUT2D eigenvalue weighted by atomic mass is 32.1. The lowest BCUT2D eigenvalue weighted by Crippen LogP contribution is -2.14. The minimum absolute atomic E-state index is 0.496. The lowest BCUT2D eigenvalue weighted by molar-refractivity contribution is 0.813. The van der Waals surface area contributed by atoms with Crippen LogP contribution in [0.3, 0.4) is 0 Å². The third kappa shape index (κ3) is 1.97. The molecule has 0 atom stereocenters. The molecule has 0 saturated carbocycles. The number of aromatic nitrogens is 1. The summed E-state index contributed by atoms with van der Waals surface area (Å²) >= 11 is 1.73. The normalized spacial score (nSPS) is 14.3. The summed E-state index contributed by atoms with van der Waals surface area (Å²) in [7, 11) is 0. The first-order valence-corrected chi connectivity index (χ1v) is 7.09. The van der Waals surface area contributed by atoms with Crippen LogP contribution in [0.15, 0.2) is 23.6 Å². The van der Waals surface area contributed by atoms with E-state index in [1.807, 2.05) is 6.07 Å². The van der Waals surface area contributed by atoms with Gasteiger partial charge in [-0.2, -0.15) is 0 Å². The van der Waals surface area contributed by atoms with Crippen LogP contribution in [0, 0.1) is 0 Å². The Morgan fingerprint density at radius 1 is 1.28 bits per heavy atom. The van der Waals surface area contributed by atoms with Gasteiger partial charge in [-0.3, -0.25) is 0 Å². The summed E-state index contributed by atoms with van der Waals surface area (Å²) in [6, 6.07) is 6.18. The molecule has 0 radical (unpaired) electrons. The van der Waals surface area contributed by atoms with Gasteiger partial charge in [-0.05, 0) is 29.2 Å². The summed E-state index contributed by atoms with van der Waals surface area (Å²) in [4.78, 5) is 7.03. The van der Waals surface area contributed by atoms with Crippen LogP contribution in [0.5, 0.6) is 0 Å². The average Bonchev–Trinajstić information content (AvgIpc) is 2.93. The fraction of sp³-hybridized carbons (Fsp3) is 0.357. The molecule has 18 heavy (non-hydrogen) atoms. The van der Waals surface area contributed by atoms with Gasteiger partial charge in [0.15, 0.2) is 5.13 Å². The van der Waals surface area contributed by atoms with Crippen molar-refractivity contribution in [3.05, 3.63) is 40.4 Å². The van der Waals surface area contributed by atoms with E-state index in [1.54, 1.807) is 11.3 Å². The number of anilines is 2. The number of nitrogen functional groups attached to an aromatic ring is 1. The Morgan fingerprint density at radius 3 is 2.78 bits per heavy atom. The van der Waals surface area contributed by atoms with Crippen LogP contribution < -0.4 is 10.6 Å². The summed E-state index contributed by atoms with van der Waals surface area (Å²) in [5.74, 6) is 0.496. The monoisotopic (exact) mass is 259 g/mol. The number of nitrogens with two attached hydrogens (primary N) is 1. The minimum atomic E-state index is 0.496. The highest BCUT2D eigenvalue weighted by molar-refractivity contribution is 7.13. The maximum atomic E-state index is 5.83. The van der Waals surface area contributed by atoms with E-state index >= 15 is 0 Å². The molecule has 1 aromatic carbocycles. The number of thiazole rings is 1. The Hall–Kier alpha value is -1.55. The molecule has 0 fully saturated rings. The van der Waals surface area contributed by atoms with Crippen molar-refractivity contribution in [2.45, 2.75) is 32.9 Å². The van der Waals surface area contributed by atoms with E-state index in [-0.39, 0.29) is 0 Å². The molecule has 0 spiro atoms. The van der Waals surface area contributed by atoms with Crippen LogP contribution in [-0.4, -0.2) is 4.98 Å². The third-order valence-corrected chi connectivity index (χ3v) is 4.24. The van der Waals surface area contributed by atoms with Crippen molar-refractivity contribution in [3.8, 4) is 0 Å². The lowest BCUT2D eigenvalue weighted by atomic mass is 10.1. The van der Waals surface area contributed by atoms with Crippen molar-refractivity contribution >= 4 is 22.2 Å². The Balaban J connectivity index is 1.84. The maximum absolute atomic E-state index is 5.83. The standard InChI is InChI=1S/C14H17N3S/c1-9(2)13-8-18-14(16-13)17-6-10-3-4-12(15)5-11(10)7-17/h3-5,8-9H,6-7,15H2,1-2H3. The van der Waals surface area contributed by atoms with Crippen LogP contribution in [-0.2, 0) is 13.1 Å². The fourth-order valence-electron chi connectivity index (χ4n) is 2.24. The number of nitrogens with zero attached hydrogens (tertiary/aromatic N) is 2. The predicted octanol–water partition coefficient (Wildman–Crippen LogP) is 3.37. The molecule has 0 bridgehead atoms. The second-order valence-electron chi connectivity index (χ2n) is 5.09. The third-order valence-electron chi connectivity index (χ3n) is 3.32. The number of hydrogen-bond acceptors (Lipinski definition) is 4. The van der Waals surface area contributed by atoms with Gasteiger partial charge in [0.1, 0.15) is 0 Å². The second-order valence-corrected chi connectivity index (χ2v) is 5.93. The van der Waals surface area contributed by atoms with E-state index in [1.165, 1.54) is 16.8 Å². The summed E-state index contributed by atoms with van der Waals surface area (Å²) < 4.78 is 0. The Morgan fingerprint density at radius 2 is 2.06 bits per heavy atom. The fourth-order valence-corrected chi connectivity index (χ4v) is 3.22. The first-order valence-electron chi connectivity index (χ1n) is 6.21. The molecule has 0 saturated heterocycles. The molecule has 1 aliphatic heterocycles. The van der Waals surface area contributed by atoms with Crippen LogP contribution >= 0.6 is 11.3 Å². The van der Waals surface area contributed by atoms with Gasteiger partial charge < -0.3 is 10.6 Å². The quantitative estimate of drug-likeness (QED) is 0.841. The van der Waals surface area contributed by atoms with Crippen molar-refractivity contribution in [2.75, 3.05) is 10.6 Å². The summed E-state index contributed by atoms with van der Waals surface area (Å²) in [5.41, 5.74) is 10.6. The molecule has 1 aromatic heterocycles. The number of benzene rings is 1. The van der Waals surface area contributed by atoms with Gasteiger partial charge in [0.25, 0.3) is 0 Å². The topological polar surface area (TPSA) is 42.1 Å². The van der Waals surface area contributed by atoms with E-state index in [0.717, 1.165) is 23.9 Å². The first kappa shape index (κ1) is 11.5. The van der Waals surface area contributed by atoms with Crippen LogP contribution in [0.1, 0.15) is 36.6 Å². The zero-order valence-electron chi connectivity index (χ0n) is 10.7. The minimum Gasteiger partial charge on any atom is -0.399 e. The maximum Gasteiger partial charge on any atom is 0.186 e. The van der Waals surface area contributed by atoms with E-state index in [9.17, 15) is 0 Å². The lowest BCUT2D eigenvalue weighted by Gasteiger charge is -2.13. The number of hydrogen-bond donors (Lipinski definition) is 1. The Kier molecular flexibility index (Phi) is 2.74. The number of fused-ring (bicyclic) bond motifs is 1. The highest BCUT2D eigenvalue weighted by Crippen LogP contribution is 2.32. The molecule has 0 aliphatic carbocycles. The molecular formula is C14H17N3S. The Labute approximate surface area is 111 Å². The second kappa shape index (κ2) is 4.28. The van der Waals surface area contributed by atoms with E-state index in [4.69, 9.17) is 10.7 Å². The van der Waals surface area contributed by atoms with Crippen molar-refractivity contribution in [3.63, 3.8) is 0 Å². The average molecular weight is 259 g/mol. The van der Waals surface area contributed by atoms with Crippen LogP contribution in [0.4, 0.5) is 10.8 Å². The van der Waals surface area contributed by atoms with E-state index < -0.39 is 0 Å². The molecule has 2 heterocycles. The SMILES string of the molecule is CC(C)c1csc(N2Cc3ccc(N)cc3C2)n1. The molecule has 0 unspecified atom stereocenters. The van der Waals surface area contributed by atoms with Gasteiger partial charge in [-0.25, -0.2) is 4.98 Å². The van der Waals surface area contributed by atoms with Crippen molar-refractivity contribution in [2.24, 2.45) is 0 Å². The van der Waals surface area contributed by atoms with Gasteiger partial charge >= 0.3 is 0 Å². The molecule has 4 heteroatoms. The zero-order valence-corrected chi connectivity index (χ0v) is 11.5. The molecule has 94 valence electrons. The van der Waals surface area contributed by atoms with Crippen molar-refractivity contribution < 1.29 is 0 Å². The van der Waals surface area contributed by atoms with Crippen LogP contribution in [0.25, 0.3) is 0 Å². The van der Waals surface area contributed by atoms with E-state index in [2.05, 4.69) is 36.3 Å².